The summed E-state index contributed by atoms with van der Waals surface area (Å²) in [6.07, 6.45) is 2.19. The van der Waals surface area contributed by atoms with E-state index in [1.54, 1.807) is 24.3 Å². The smallest absolute Gasteiger partial charge is 0.261 e. The highest BCUT2D eigenvalue weighted by Crippen LogP contribution is 2.31. The minimum atomic E-state index is -0.657. The van der Waals surface area contributed by atoms with Crippen molar-refractivity contribution < 1.29 is 19.4 Å². The van der Waals surface area contributed by atoms with E-state index in [2.05, 4.69) is 4.98 Å². The van der Waals surface area contributed by atoms with Crippen LogP contribution in [0.3, 0.4) is 0 Å². The van der Waals surface area contributed by atoms with E-state index in [0.29, 0.717) is 24.2 Å². The number of carbonyl (C=O) groups excluding carboxylic acids is 2. The van der Waals surface area contributed by atoms with Gasteiger partial charge >= 0.3 is 0 Å². The predicted octanol–water partition coefficient (Wildman–Crippen LogP) is 3.95. The molecule has 1 aromatic heterocycles. The van der Waals surface area contributed by atoms with E-state index in [1.165, 1.54) is 4.90 Å². The maximum absolute atomic E-state index is 12.8. The highest BCUT2D eigenvalue weighted by atomic mass is 16.5. The number of hydrogen-bond acceptors (Lipinski definition) is 4. The van der Waals surface area contributed by atoms with Gasteiger partial charge in [0, 0.05) is 11.6 Å². The van der Waals surface area contributed by atoms with Gasteiger partial charge in [0.1, 0.15) is 12.4 Å². The molecule has 1 aliphatic heterocycles. The van der Waals surface area contributed by atoms with E-state index in [9.17, 15) is 14.7 Å². The van der Waals surface area contributed by atoms with E-state index in [0.717, 1.165) is 27.8 Å². The summed E-state index contributed by atoms with van der Waals surface area (Å²) in [6, 6.07) is 21.8. The second kappa shape index (κ2) is 8.32. The van der Waals surface area contributed by atoms with E-state index in [1.807, 2.05) is 54.7 Å². The first kappa shape index (κ1) is 20.0. The average Bonchev–Trinajstić information content (AvgIpc) is 3.36. The third-order valence-electron chi connectivity index (χ3n) is 5.86. The van der Waals surface area contributed by atoms with Crippen LogP contribution in [-0.2, 0) is 13.0 Å². The summed E-state index contributed by atoms with van der Waals surface area (Å²) in [4.78, 5) is 30.1. The Kier molecular flexibility index (Phi) is 5.21. The number of rotatable bonds is 7. The van der Waals surface area contributed by atoms with Gasteiger partial charge < -0.3 is 14.8 Å². The lowest BCUT2D eigenvalue weighted by molar-refractivity contribution is 0.0516. The quantitative estimate of drug-likeness (QED) is 0.439. The van der Waals surface area contributed by atoms with Crippen molar-refractivity contribution in [1.82, 2.24) is 9.88 Å². The topological polar surface area (TPSA) is 82.6 Å². The number of hydrogen-bond donors (Lipinski definition) is 2. The van der Waals surface area contributed by atoms with Gasteiger partial charge in [-0.3, -0.25) is 14.5 Å². The molecule has 5 rings (SSSR count). The number of benzene rings is 3. The fourth-order valence-corrected chi connectivity index (χ4v) is 4.24. The second-order valence-corrected chi connectivity index (χ2v) is 7.83. The SMILES string of the molecule is O=C1c2ccccc2C(=O)N1[C@H](CO)Cc1c[nH]c2c(OCc3ccccc3)cccc12. The first-order valence-electron chi connectivity index (χ1n) is 10.5. The summed E-state index contributed by atoms with van der Waals surface area (Å²) < 4.78 is 6.03. The number of carbonyl (C=O) groups is 2. The number of aliphatic hydroxyl groups is 1. The zero-order valence-corrected chi connectivity index (χ0v) is 17.3. The monoisotopic (exact) mass is 426 g/mol. The summed E-state index contributed by atoms with van der Waals surface area (Å²) in [5, 5.41) is 11.0. The number of ether oxygens (including phenoxy) is 1. The predicted molar refractivity (Wildman–Crippen MR) is 121 cm³/mol. The first-order valence-corrected chi connectivity index (χ1v) is 10.5. The van der Waals surface area contributed by atoms with Crippen molar-refractivity contribution in [3.05, 3.63) is 101 Å². The van der Waals surface area contributed by atoms with Crippen LogP contribution in [0.15, 0.2) is 79.0 Å². The van der Waals surface area contributed by atoms with Gasteiger partial charge in [0.25, 0.3) is 11.8 Å². The highest BCUT2D eigenvalue weighted by Gasteiger charge is 2.39. The molecule has 3 aromatic carbocycles. The lowest BCUT2D eigenvalue weighted by Crippen LogP contribution is -2.43. The number of aromatic nitrogens is 1. The Morgan fingerprint density at radius 1 is 0.875 bits per heavy atom. The average molecular weight is 426 g/mol. The fraction of sp³-hybridized carbons (Fsp3) is 0.154. The molecular weight excluding hydrogens is 404 g/mol. The van der Waals surface area contributed by atoms with E-state index in [4.69, 9.17) is 4.74 Å². The molecular formula is C26H22N2O4. The van der Waals surface area contributed by atoms with Gasteiger partial charge in [-0.15, -0.1) is 0 Å². The lowest BCUT2D eigenvalue weighted by Gasteiger charge is -2.24. The molecule has 0 unspecified atom stereocenters. The molecule has 32 heavy (non-hydrogen) atoms. The van der Waals surface area contributed by atoms with Crippen molar-refractivity contribution in [2.75, 3.05) is 6.61 Å². The van der Waals surface area contributed by atoms with Gasteiger partial charge in [-0.05, 0) is 35.7 Å². The van der Waals surface area contributed by atoms with Crippen LogP contribution < -0.4 is 4.74 Å². The van der Waals surface area contributed by atoms with Gasteiger partial charge in [-0.1, -0.05) is 54.6 Å². The van der Waals surface area contributed by atoms with Gasteiger partial charge in [0.15, 0.2) is 0 Å². The number of nitrogens with zero attached hydrogens (tertiary/aromatic N) is 1. The third kappa shape index (κ3) is 3.44. The van der Waals surface area contributed by atoms with Crippen molar-refractivity contribution in [3.63, 3.8) is 0 Å². The minimum absolute atomic E-state index is 0.317. The third-order valence-corrected chi connectivity index (χ3v) is 5.86. The maximum Gasteiger partial charge on any atom is 0.261 e. The van der Waals surface area contributed by atoms with Crippen LogP contribution >= 0.6 is 0 Å². The van der Waals surface area contributed by atoms with Crippen LogP contribution in [0.5, 0.6) is 5.75 Å². The van der Waals surface area contributed by atoms with Crippen molar-refractivity contribution in [2.45, 2.75) is 19.1 Å². The standard InChI is InChI=1S/C26H22N2O4/c29-15-19(28-25(30)21-9-4-5-10-22(21)26(28)31)13-18-14-27-24-20(18)11-6-12-23(24)32-16-17-7-2-1-3-8-17/h1-12,14,19,27,29H,13,15-16H2/t19-/m0/s1. The zero-order valence-electron chi connectivity index (χ0n) is 17.3. The fourth-order valence-electron chi connectivity index (χ4n) is 4.24. The Bertz CT molecular complexity index is 1260. The molecule has 6 heteroatoms. The largest absolute Gasteiger partial charge is 0.487 e. The van der Waals surface area contributed by atoms with Crippen molar-refractivity contribution in [1.29, 1.82) is 0 Å². The highest BCUT2D eigenvalue weighted by molar-refractivity contribution is 6.21. The summed E-state index contributed by atoms with van der Waals surface area (Å²) in [7, 11) is 0. The normalized spacial score (nSPS) is 14.1. The Hall–Kier alpha value is -3.90. The van der Waals surface area contributed by atoms with Gasteiger partial charge in [0.05, 0.1) is 29.3 Å². The Morgan fingerprint density at radius 2 is 1.56 bits per heavy atom. The molecule has 160 valence electrons. The van der Waals surface area contributed by atoms with Crippen LogP contribution in [0, 0.1) is 0 Å². The molecule has 2 heterocycles. The number of H-pyrrole nitrogens is 1. The van der Waals surface area contributed by atoms with E-state index in [-0.39, 0.29) is 18.4 Å². The van der Waals surface area contributed by atoms with Crippen molar-refractivity contribution in [2.24, 2.45) is 0 Å². The zero-order chi connectivity index (χ0) is 22.1. The minimum Gasteiger partial charge on any atom is -0.487 e. The van der Waals surface area contributed by atoms with Gasteiger partial charge in [-0.25, -0.2) is 0 Å². The van der Waals surface area contributed by atoms with E-state index >= 15 is 0 Å². The number of nitrogens with one attached hydrogen (secondary N) is 1. The van der Waals surface area contributed by atoms with Crippen LogP contribution in [0.25, 0.3) is 10.9 Å². The number of fused-ring (bicyclic) bond motifs is 2. The van der Waals surface area contributed by atoms with Crippen LogP contribution in [0.1, 0.15) is 31.8 Å². The Morgan fingerprint density at radius 3 is 2.25 bits per heavy atom. The van der Waals surface area contributed by atoms with Gasteiger partial charge in [0.2, 0.25) is 0 Å². The summed E-state index contributed by atoms with van der Waals surface area (Å²) in [6.45, 7) is 0.130. The number of aromatic amines is 1. The Labute approximate surface area is 185 Å². The number of imide groups is 1. The molecule has 2 amide bonds. The van der Waals surface area contributed by atoms with Crippen molar-refractivity contribution in [3.8, 4) is 5.75 Å². The summed E-state index contributed by atoms with van der Waals surface area (Å²) in [5.74, 6) is -0.00775. The maximum atomic E-state index is 12.8. The molecule has 0 spiro atoms. The van der Waals surface area contributed by atoms with Crippen LogP contribution in [-0.4, -0.2) is 39.5 Å². The second-order valence-electron chi connectivity index (χ2n) is 7.83. The van der Waals surface area contributed by atoms with Crippen molar-refractivity contribution >= 4 is 22.7 Å². The Balaban J connectivity index is 1.39. The molecule has 0 fully saturated rings. The number of aliphatic hydroxyl groups excluding tert-OH is 1. The molecule has 6 nitrogen and oxygen atoms in total. The van der Waals surface area contributed by atoms with Crippen LogP contribution in [0.4, 0.5) is 0 Å². The molecule has 0 bridgehead atoms. The molecule has 0 aliphatic carbocycles. The molecule has 0 radical (unpaired) electrons. The molecule has 1 atom stereocenters. The summed E-state index contributed by atoms with van der Waals surface area (Å²) >= 11 is 0. The lowest BCUT2D eigenvalue weighted by atomic mass is 10.0. The van der Waals surface area contributed by atoms with Gasteiger partial charge in [-0.2, -0.15) is 0 Å². The number of amides is 2. The molecule has 1 aliphatic rings. The molecule has 0 saturated carbocycles. The molecule has 0 saturated heterocycles. The first-order chi connectivity index (χ1) is 15.7. The number of para-hydroxylation sites is 1. The molecule has 4 aromatic rings. The van der Waals surface area contributed by atoms with E-state index < -0.39 is 6.04 Å². The summed E-state index contributed by atoms with van der Waals surface area (Å²) in [5.41, 5.74) is 3.58. The molecule has 2 N–H and O–H groups in total. The van der Waals surface area contributed by atoms with Crippen LogP contribution in [0.2, 0.25) is 0 Å².